The molecule has 0 atom stereocenters. The van der Waals surface area contributed by atoms with E-state index in [0.717, 1.165) is 12.1 Å². The van der Waals surface area contributed by atoms with Gasteiger partial charge in [-0.05, 0) is 42.5 Å². The molecule has 3 rings (SSSR count). The Morgan fingerprint density at radius 1 is 1.03 bits per heavy atom. The third-order valence-electron chi connectivity index (χ3n) is 3.95. The molecule has 2 aromatic carbocycles. The van der Waals surface area contributed by atoms with E-state index in [2.05, 4.69) is 5.32 Å². The van der Waals surface area contributed by atoms with E-state index in [9.17, 15) is 21.4 Å². The Kier molecular flexibility index (Phi) is 6.03. The van der Waals surface area contributed by atoms with Crippen LogP contribution in [0.2, 0.25) is 0 Å². The lowest BCUT2D eigenvalue weighted by Gasteiger charge is -2.16. The van der Waals surface area contributed by atoms with E-state index in [1.165, 1.54) is 25.5 Å². The van der Waals surface area contributed by atoms with Gasteiger partial charge in [0.25, 0.3) is 10.1 Å². The number of primary sulfonamides is 1. The summed E-state index contributed by atoms with van der Waals surface area (Å²) >= 11 is 0. The van der Waals surface area contributed by atoms with Gasteiger partial charge in [0.05, 0.1) is 25.6 Å². The number of ether oxygens (including phenoxy) is 2. The number of hydrogen-bond acceptors (Lipinski definition) is 8. The second-order valence-corrected chi connectivity index (χ2v) is 8.95. The van der Waals surface area contributed by atoms with Crippen molar-refractivity contribution in [3.05, 3.63) is 60.6 Å². The minimum absolute atomic E-state index is 0.0617. The van der Waals surface area contributed by atoms with Crippen LogP contribution >= 0.6 is 0 Å². The number of hydrogen-bond donors (Lipinski definition) is 3. The standard InChI is InChI=1S/C18H18N2O8S2/c1-26-12-4-6-13(7-5-12)28-16-9-15(20-11-14-3-2-8-27-14)17(30(23,24)25)10-18(16)29(19,21)22/h2-10,20H,11H2,1H3,(H2,19,21,22)(H,23,24,25). The molecule has 10 nitrogen and oxygen atoms in total. The molecule has 0 spiro atoms. The predicted octanol–water partition coefficient (Wildman–Crippen LogP) is 2.59. The van der Waals surface area contributed by atoms with Crippen molar-refractivity contribution < 1.29 is 35.3 Å². The molecule has 1 aromatic heterocycles. The van der Waals surface area contributed by atoms with Gasteiger partial charge in [-0.25, -0.2) is 13.6 Å². The summed E-state index contributed by atoms with van der Waals surface area (Å²) in [6, 6.07) is 11.4. The van der Waals surface area contributed by atoms with Crippen LogP contribution in [0.1, 0.15) is 5.76 Å². The maximum Gasteiger partial charge on any atom is 0.296 e. The average Bonchev–Trinajstić information content (AvgIpc) is 3.18. The summed E-state index contributed by atoms with van der Waals surface area (Å²) in [5.74, 6) is 1.04. The topological polar surface area (TPSA) is 158 Å². The molecule has 0 fully saturated rings. The Bertz CT molecular complexity index is 1240. The van der Waals surface area contributed by atoms with Crippen LogP contribution in [0, 0.1) is 0 Å². The molecule has 30 heavy (non-hydrogen) atoms. The molecule has 160 valence electrons. The van der Waals surface area contributed by atoms with Crippen molar-refractivity contribution in [3.8, 4) is 17.2 Å². The van der Waals surface area contributed by atoms with Crippen molar-refractivity contribution in [2.24, 2.45) is 5.14 Å². The van der Waals surface area contributed by atoms with Crippen LogP contribution < -0.4 is 19.9 Å². The van der Waals surface area contributed by atoms with Crippen molar-refractivity contribution in [2.45, 2.75) is 16.3 Å². The maximum atomic E-state index is 12.0. The molecule has 0 aliphatic carbocycles. The first-order valence-electron chi connectivity index (χ1n) is 8.34. The first-order valence-corrected chi connectivity index (χ1v) is 11.3. The average molecular weight is 454 g/mol. The number of sulfonamides is 1. The Morgan fingerprint density at radius 3 is 2.23 bits per heavy atom. The van der Waals surface area contributed by atoms with Gasteiger partial charge < -0.3 is 19.2 Å². The number of nitrogens with one attached hydrogen (secondary N) is 1. The van der Waals surface area contributed by atoms with E-state index in [1.807, 2.05) is 0 Å². The Morgan fingerprint density at radius 2 is 1.70 bits per heavy atom. The monoisotopic (exact) mass is 454 g/mol. The molecule has 1 heterocycles. The fourth-order valence-corrected chi connectivity index (χ4v) is 3.97. The highest BCUT2D eigenvalue weighted by Crippen LogP contribution is 2.36. The highest BCUT2D eigenvalue weighted by atomic mass is 32.2. The molecule has 0 bridgehead atoms. The van der Waals surface area contributed by atoms with Crippen molar-refractivity contribution in [2.75, 3.05) is 12.4 Å². The number of anilines is 1. The van der Waals surface area contributed by atoms with Crippen LogP contribution in [0.15, 0.2) is 69.0 Å². The number of nitrogens with two attached hydrogens (primary N) is 1. The lowest BCUT2D eigenvalue weighted by Crippen LogP contribution is -2.15. The van der Waals surface area contributed by atoms with Crippen LogP contribution in [0.4, 0.5) is 5.69 Å². The summed E-state index contributed by atoms with van der Waals surface area (Å²) in [6.07, 6.45) is 1.43. The van der Waals surface area contributed by atoms with Crippen molar-refractivity contribution >= 4 is 25.8 Å². The first-order chi connectivity index (χ1) is 14.1. The molecule has 0 amide bonds. The highest BCUT2D eigenvalue weighted by Gasteiger charge is 2.25. The fourth-order valence-electron chi connectivity index (χ4n) is 2.56. The Hall–Kier alpha value is -3.06. The van der Waals surface area contributed by atoms with Crippen LogP contribution in [0.25, 0.3) is 0 Å². The van der Waals surface area contributed by atoms with E-state index in [-0.39, 0.29) is 23.7 Å². The zero-order valence-corrected chi connectivity index (χ0v) is 17.2. The van der Waals surface area contributed by atoms with Crippen LogP contribution in [-0.2, 0) is 26.7 Å². The van der Waals surface area contributed by atoms with E-state index in [0.29, 0.717) is 11.5 Å². The summed E-state index contributed by atoms with van der Waals surface area (Å²) in [5, 5.41) is 8.01. The van der Waals surface area contributed by atoms with Gasteiger partial charge in [0, 0.05) is 6.07 Å². The largest absolute Gasteiger partial charge is 0.497 e. The molecule has 0 unspecified atom stereocenters. The highest BCUT2D eigenvalue weighted by molar-refractivity contribution is 7.89. The second-order valence-electron chi connectivity index (χ2n) is 6.03. The molecule has 3 aromatic rings. The minimum atomic E-state index is -4.79. The Balaban J connectivity index is 2.09. The third-order valence-corrected chi connectivity index (χ3v) is 5.78. The number of rotatable bonds is 8. The lowest BCUT2D eigenvalue weighted by atomic mass is 10.2. The summed E-state index contributed by atoms with van der Waals surface area (Å²) in [7, 11) is -7.70. The molecule has 0 aliphatic heterocycles. The normalized spacial score (nSPS) is 11.8. The summed E-state index contributed by atoms with van der Waals surface area (Å²) in [4.78, 5) is -1.30. The SMILES string of the molecule is COc1ccc(Oc2cc(NCc3ccco3)c(S(=O)(=O)O)cc2S(N)(=O)=O)cc1. The summed E-state index contributed by atoms with van der Waals surface area (Å²) in [5.41, 5.74) is -0.107. The molecule has 0 saturated carbocycles. The van der Waals surface area contributed by atoms with Crippen LogP contribution in [0.3, 0.4) is 0 Å². The van der Waals surface area contributed by atoms with E-state index >= 15 is 0 Å². The second kappa shape index (κ2) is 8.36. The van der Waals surface area contributed by atoms with Crippen molar-refractivity contribution in [3.63, 3.8) is 0 Å². The smallest absolute Gasteiger partial charge is 0.296 e. The van der Waals surface area contributed by atoms with Crippen LogP contribution in [-0.4, -0.2) is 28.5 Å². The third kappa shape index (κ3) is 5.10. The zero-order valence-electron chi connectivity index (χ0n) is 15.6. The molecule has 12 heteroatoms. The van der Waals surface area contributed by atoms with Gasteiger partial charge in [-0.1, -0.05) is 0 Å². The fraction of sp³-hybridized carbons (Fsp3) is 0.111. The molecule has 0 saturated heterocycles. The summed E-state index contributed by atoms with van der Waals surface area (Å²) < 4.78 is 73.2. The van der Waals surface area contributed by atoms with Gasteiger partial charge in [-0.15, -0.1) is 0 Å². The van der Waals surface area contributed by atoms with Gasteiger partial charge in [-0.2, -0.15) is 8.42 Å². The molecule has 0 radical (unpaired) electrons. The first kappa shape index (κ1) is 21.6. The minimum Gasteiger partial charge on any atom is -0.497 e. The molecular formula is C18H18N2O8S2. The quantitative estimate of drug-likeness (QED) is 0.435. The Labute approximate surface area is 173 Å². The lowest BCUT2D eigenvalue weighted by molar-refractivity contribution is 0.412. The van der Waals surface area contributed by atoms with Gasteiger partial charge in [0.2, 0.25) is 10.0 Å². The van der Waals surface area contributed by atoms with E-state index in [4.69, 9.17) is 19.0 Å². The van der Waals surface area contributed by atoms with Crippen molar-refractivity contribution in [1.82, 2.24) is 0 Å². The van der Waals surface area contributed by atoms with Gasteiger partial charge in [0.15, 0.2) is 0 Å². The van der Waals surface area contributed by atoms with Gasteiger partial charge in [0.1, 0.15) is 32.8 Å². The zero-order chi connectivity index (χ0) is 21.9. The molecule has 0 aliphatic rings. The van der Waals surface area contributed by atoms with Gasteiger partial charge in [-0.3, -0.25) is 4.55 Å². The molecule has 4 N–H and O–H groups in total. The van der Waals surface area contributed by atoms with E-state index < -0.39 is 29.9 Å². The van der Waals surface area contributed by atoms with E-state index in [1.54, 1.807) is 24.3 Å². The number of benzene rings is 2. The number of furan rings is 1. The predicted molar refractivity (Wildman–Crippen MR) is 107 cm³/mol. The maximum absolute atomic E-state index is 12.0. The van der Waals surface area contributed by atoms with Crippen LogP contribution in [0.5, 0.6) is 17.2 Å². The van der Waals surface area contributed by atoms with Gasteiger partial charge >= 0.3 is 0 Å². The summed E-state index contributed by atoms with van der Waals surface area (Å²) in [6.45, 7) is 0.0617. The molecular weight excluding hydrogens is 436 g/mol. The van der Waals surface area contributed by atoms with Crippen molar-refractivity contribution in [1.29, 1.82) is 0 Å². The number of methoxy groups -OCH3 is 1.